The number of hydrogen-bond donors (Lipinski definition) is 2. The van der Waals surface area contributed by atoms with Crippen LogP contribution < -0.4 is 5.32 Å². The highest BCUT2D eigenvalue weighted by Crippen LogP contribution is 2.35. The standard InChI is InChI=1S/C15H22N2O2/c1-15(2)7-3-4-12(8-15)17-10-13-6-5-11(9-16-13)14(18)19/h5-6,9,12,17H,3-4,7-8,10H2,1-2H3,(H,18,19). The molecule has 1 aliphatic carbocycles. The molecule has 1 unspecified atom stereocenters. The Hall–Kier alpha value is -1.42. The van der Waals surface area contributed by atoms with Crippen molar-refractivity contribution < 1.29 is 9.90 Å². The fourth-order valence-corrected chi connectivity index (χ4v) is 2.78. The predicted molar refractivity (Wildman–Crippen MR) is 74.1 cm³/mol. The molecule has 0 spiro atoms. The lowest BCUT2D eigenvalue weighted by molar-refractivity contribution is 0.0696. The first kappa shape index (κ1) is 14.0. The average molecular weight is 262 g/mol. The van der Waals surface area contributed by atoms with Crippen molar-refractivity contribution in [2.45, 2.75) is 52.1 Å². The van der Waals surface area contributed by atoms with Gasteiger partial charge in [-0.25, -0.2) is 4.79 Å². The zero-order valence-electron chi connectivity index (χ0n) is 11.6. The molecule has 1 saturated carbocycles. The van der Waals surface area contributed by atoms with E-state index < -0.39 is 5.97 Å². The number of carboxylic acid groups (broad SMARTS) is 1. The van der Waals surface area contributed by atoms with Crippen LogP contribution in [0.25, 0.3) is 0 Å². The molecule has 0 bridgehead atoms. The predicted octanol–water partition coefficient (Wildman–Crippen LogP) is 2.84. The number of nitrogens with one attached hydrogen (secondary N) is 1. The van der Waals surface area contributed by atoms with Crippen LogP contribution in [0.1, 0.15) is 55.6 Å². The molecule has 1 fully saturated rings. The first-order valence-electron chi connectivity index (χ1n) is 6.88. The van der Waals surface area contributed by atoms with Gasteiger partial charge in [0.05, 0.1) is 11.3 Å². The van der Waals surface area contributed by atoms with Crippen LogP contribution in [0.2, 0.25) is 0 Å². The summed E-state index contributed by atoms with van der Waals surface area (Å²) < 4.78 is 0. The Morgan fingerprint density at radius 2 is 2.32 bits per heavy atom. The van der Waals surface area contributed by atoms with Gasteiger partial charge >= 0.3 is 5.97 Å². The lowest BCUT2D eigenvalue weighted by Crippen LogP contribution is -2.37. The second-order valence-electron chi connectivity index (χ2n) is 6.18. The molecule has 2 N–H and O–H groups in total. The Bertz CT molecular complexity index is 440. The molecule has 2 rings (SSSR count). The van der Waals surface area contributed by atoms with Gasteiger partial charge in [0.15, 0.2) is 0 Å². The largest absolute Gasteiger partial charge is 0.478 e. The van der Waals surface area contributed by atoms with Gasteiger partial charge in [0.2, 0.25) is 0 Å². The Morgan fingerprint density at radius 3 is 2.89 bits per heavy atom. The van der Waals surface area contributed by atoms with Crippen LogP contribution in [0.3, 0.4) is 0 Å². The van der Waals surface area contributed by atoms with Gasteiger partial charge in [0.1, 0.15) is 0 Å². The van der Waals surface area contributed by atoms with Crippen molar-refractivity contribution in [1.82, 2.24) is 10.3 Å². The summed E-state index contributed by atoms with van der Waals surface area (Å²) in [5, 5.41) is 12.3. The van der Waals surface area contributed by atoms with Gasteiger partial charge in [-0.05, 0) is 36.8 Å². The number of rotatable bonds is 4. The minimum Gasteiger partial charge on any atom is -0.478 e. The third-order valence-electron chi connectivity index (χ3n) is 3.85. The van der Waals surface area contributed by atoms with Crippen molar-refractivity contribution in [3.8, 4) is 0 Å². The molecule has 19 heavy (non-hydrogen) atoms. The van der Waals surface area contributed by atoms with Crippen molar-refractivity contribution >= 4 is 5.97 Å². The molecule has 1 aromatic rings. The third-order valence-corrected chi connectivity index (χ3v) is 3.85. The Balaban J connectivity index is 1.86. The van der Waals surface area contributed by atoms with Crippen LogP contribution in [0, 0.1) is 5.41 Å². The van der Waals surface area contributed by atoms with Gasteiger partial charge in [0.25, 0.3) is 0 Å². The normalized spacial score (nSPS) is 22.1. The second-order valence-corrected chi connectivity index (χ2v) is 6.18. The minimum atomic E-state index is -0.930. The summed E-state index contributed by atoms with van der Waals surface area (Å²) in [4.78, 5) is 14.9. The van der Waals surface area contributed by atoms with Crippen molar-refractivity contribution in [1.29, 1.82) is 0 Å². The lowest BCUT2D eigenvalue weighted by Gasteiger charge is -2.35. The van der Waals surface area contributed by atoms with Gasteiger partial charge < -0.3 is 10.4 Å². The number of carbonyl (C=O) groups is 1. The van der Waals surface area contributed by atoms with Crippen LogP contribution in [0.15, 0.2) is 18.3 Å². The molecule has 4 heteroatoms. The number of pyridine rings is 1. The van der Waals surface area contributed by atoms with E-state index in [1.807, 2.05) is 0 Å². The van der Waals surface area contributed by atoms with E-state index in [1.165, 1.54) is 31.9 Å². The van der Waals surface area contributed by atoms with Gasteiger partial charge in [0, 0.05) is 18.8 Å². The Kier molecular flexibility index (Phi) is 4.20. The van der Waals surface area contributed by atoms with Gasteiger partial charge in [-0.15, -0.1) is 0 Å². The van der Waals surface area contributed by atoms with E-state index in [9.17, 15) is 4.79 Å². The van der Waals surface area contributed by atoms with Crippen LogP contribution in [0.4, 0.5) is 0 Å². The Labute approximate surface area is 114 Å². The number of hydrogen-bond acceptors (Lipinski definition) is 3. The molecule has 0 aromatic carbocycles. The summed E-state index contributed by atoms with van der Waals surface area (Å²) in [7, 11) is 0. The molecule has 104 valence electrons. The molecule has 0 amide bonds. The van der Waals surface area contributed by atoms with E-state index >= 15 is 0 Å². The van der Waals surface area contributed by atoms with Gasteiger partial charge in [-0.1, -0.05) is 20.3 Å². The highest BCUT2D eigenvalue weighted by molar-refractivity contribution is 5.87. The number of aromatic carboxylic acids is 1. The molecule has 0 aliphatic heterocycles. The molecular formula is C15H22N2O2. The monoisotopic (exact) mass is 262 g/mol. The van der Waals surface area contributed by atoms with E-state index in [0.29, 0.717) is 18.0 Å². The summed E-state index contributed by atoms with van der Waals surface area (Å²) in [5.41, 5.74) is 1.56. The molecule has 1 atom stereocenters. The molecule has 4 nitrogen and oxygen atoms in total. The average Bonchev–Trinajstić information content (AvgIpc) is 2.36. The number of carboxylic acids is 1. The summed E-state index contributed by atoms with van der Waals surface area (Å²) in [6.45, 7) is 5.35. The zero-order chi connectivity index (χ0) is 13.9. The Morgan fingerprint density at radius 1 is 1.53 bits per heavy atom. The zero-order valence-corrected chi connectivity index (χ0v) is 11.6. The van der Waals surface area contributed by atoms with Crippen LogP contribution >= 0.6 is 0 Å². The first-order valence-corrected chi connectivity index (χ1v) is 6.88. The molecule has 1 aromatic heterocycles. The van der Waals surface area contributed by atoms with Crippen LogP contribution in [-0.4, -0.2) is 22.1 Å². The van der Waals surface area contributed by atoms with E-state index in [0.717, 1.165) is 5.69 Å². The topological polar surface area (TPSA) is 62.2 Å². The van der Waals surface area contributed by atoms with E-state index in [4.69, 9.17) is 5.11 Å². The first-order chi connectivity index (χ1) is 8.96. The summed E-state index contributed by atoms with van der Waals surface area (Å²) in [6.07, 6.45) is 6.41. The molecular weight excluding hydrogens is 240 g/mol. The minimum absolute atomic E-state index is 0.238. The second kappa shape index (κ2) is 5.70. The van der Waals surface area contributed by atoms with Crippen molar-refractivity contribution in [2.24, 2.45) is 5.41 Å². The van der Waals surface area contributed by atoms with Crippen molar-refractivity contribution in [3.63, 3.8) is 0 Å². The molecule has 1 aliphatic rings. The molecule has 0 radical (unpaired) electrons. The van der Waals surface area contributed by atoms with E-state index in [1.54, 1.807) is 12.1 Å². The maximum Gasteiger partial charge on any atom is 0.337 e. The molecule has 1 heterocycles. The van der Waals surface area contributed by atoms with Crippen molar-refractivity contribution in [2.75, 3.05) is 0 Å². The van der Waals surface area contributed by atoms with Crippen molar-refractivity contribution in [3.05, 3.63) is 29.6 Å². The van der Waals surface area contributed by atoms with Crippen LogP contribution in [-0.2, 0) is 6.54 Å². The summed E-state index contributed by atoms with van der Waals surface area (Å²) in [6, 6.07) is 3.94. The smallest absolute Gasteiger partial charge is 0.337 e. The SMILES string of the molecule is CC1(C)CCCC(NCc2ccc(C(=O)O)cn2)C1. The van der Waals surface area contributed by atoms with E-state index in [-0.39, 0.29) is 5.56 Å². The van der Waals surface area contributed by atoms with Gasteiger partial charge in [-0.2, -0.15) is 0 Å². The number of aromatic nitrogens is 1. The van der Waals surface area contributed by atoms with E-state index in [2.05, 4.69) is 24.1 Å². The van der Waals surface area contributed by atoms with Crippen LogP contribution in [0.5, 0.6) is 0 Å². The summed E-state index contributed by atoms with van der Waals surface area (Å²) >= 11 is 0. The highest BCUT2D eigenvalue weighted by Gasteiger charge is 2.27. The molecule has 0 saturated heterocycles. The fourth-order valence-electron chi connectivity index (χ4n) is 2.78. The lowest BCUT2D eigenvalue weighted by atomic mass is 9.75. The van der Waals surface area contributed by atoms with Gasteiger partial charge in [-0.3, -0.25) is 4.98 Å². The maximum atomic E-state index is 10.7. The maximum absolute atomic E-state index is 10.7. The number of nitrogens with zero attached hydrogens (tertiary/aromatic N) is 1. The third kappa shape index (κ3) is 4.03. The fraction of sp³-hybridized carbons (Fsp3) is 0.600. The summed E-state index contributed by atoms with van der Waals surface area (Å²) in [5.74, 6) is -0.930. The quantitative estimate of drug-likeness (QED) is 0.876. The highest BCUT2D eigenvalue weighted by atomic mass is 16.4.